The van der Waals surface area contributed by atoms with Crippen molar-refractivity contribution in [3.05, 3.63) is 77.9 Å². The Morgan fingerprint density at radius 1 is 0.967 bits per heavy atom. The predicted molar refractivity (Wildman–Crippen MR) is 224 cm³/mol. The molecule has 7 atom stereocenters. The number of hydrogen-bond acceptors (Lipinski definition) is 12. The highest BCUT2D eigenvalue weighted by Gasteiger charge is 2.66. The molecule has 5 aliphatic rings. The van der Waals surface area contributed by atoms with E-state index in [4.69, 9.17) is 33.7 Å². The number of unbranched alkanes of at least 4 members (excludes halogenated alkanes) is 2. The van der Waals surface area contributed by atoms with Gasteiger partial charge in [0.25, 0.3) is 0 Å². The van der Waals surface area contributed by atoms with E-state index >= 15 is 0 Å². The monoisotopic (exact) mass is 830 g/mol. The Kier molecular flexibility index (Phi) is 15.5. The molecule has 1 unspecified atom stereocenters. The molecule has 0 radical (unpaired) electrons. The highest BCUT2D eigenvalue weighted by Crippen LogP contribution is 2.62. The van der Waals surface area contributed by atoms with Crippen LogP contribution in [0, 0.1) is 23.7 Å². The topological polar surface area (TPSA) is 166 Å². The zero-order valence-corrected chi connectivity index (χ0v) is 34.7. The van der Waals surface area contributed by atoms with Crippen LogP contribution in [0.5, 0.6) is 17.2 Å². The molecule has 13 heteroatoms. The normalized spacial score (nSPS) is 27.5. The Labute approximate surface area is 353 Å². The summed E-state index contributed by atoms with van der Waals surface area (Å²) in [7, 11) is 0. The summed E-state index contributed by atoms with van der Waals surface area (Å²) < 4.78 is 32.6. The fraction of sp³-hybridized carbons (Fsp3) is 0.596. The summed E-state index contributed by atoms with van der Waals surface area (Å²) in [4.78, 5) is 34.3. The Balaban J connectivity index is 1.42. The zero-order valence-electron chi connectivity index (χ0n) is 34.7. The first-order valence-corrected chi connectivity index (χ1v) is 22.0. The van der Waals surface area contributed by atoms with Crippen LogP contribution < -0.4 is 9.47 Å². The zero-order chi connectivity index (χ0) is 41.9. The lowest BCUT2D eigenvalue weighted by molar-refractivity contribution is -0.258. The second-order valence-electron chi connectivity index (χ2n) is 16.6. The number of hydrogen-bond donors (Lipinski definition) is 3. The number of ether oxygens (including phenoxy) is 5. The molecular weight excluding hydrogens is 769 g/mol. The van der Waals surface area contributed by atoms with Gasteiger partial charge in [0.2, 0.25) is 18.0 Å². The second kappa shape index (κ2) is 21.1. The molecule has 2 saturated carbocycles. The van der Waals surface area contributed by atoms with Gasteiger partial charge in [-0.05, 0) is 99.1 Å². The van der Waals surface area contributed by atoms with Crippen LogP contribution in [0.1, 0.15) is 98.9 Å². The van der Waals surface area contributed by atoms with E-state index < -0.39 is 24.0 Å². The van der Waals surface area contributed by atoms with E-state index in [0.29, 0.717) is 48.0 Å². The van der Waals surface area contributed by atoms with Crippen molar-refractivity contribution in [3.8, 4) is 17.2 Å². The van der Waals surface area contributed by atoms with Crippen molar-refractivity contribution in [3.63, 3.8) is 0 Å². The number of allylic oxidation sites excluding steroid dienone is 1. The second-order valence-corrected chi connectivity index (χ2v) is 16.6. The molecular formula is C47H62N2O11. The molecule has 2 aliphatic heterocycles. The molecule has 3 fully saturated rings. The number of benzene rings is 2. The molecule has 2 heterocycles. The van der Waals surface area contributed by atoms with Gasteiger partial charge in [0.05, 0.1) is 44.7 Å². The SMILES string of the molecule is C=CCO[C@@]12Oc3ccc(Oc4cccc(C=O)c4)cc3[C@H]3[C@H](CCCCO)[C@@H](CCCCO)C=C(C(=NOC4CCCCO4)C[C@@H]1N(CCOCCO)C(=O)C1CC1)[C@H]32. The lowest BCUT2D eigenvalue weighted by Gasteiger charge is -2.60. The number of nitrogens with zero attached hydrogens (tertiary/aromatic N) is 2. The van der Waals surface area contributed by atoms with E-state index in [0.717, 1.165) is 75.2 Å². The third kappa shape index (κ3) is 9.98. The predicted octanol–water partition coefficient (Wildman–Crippen LogP) is 6.70. The maximum atomic E-state index is 14.6. The van der Waals surface area contributed by atoms with Gasteiger partial charge in [-0.3, -0.25) is 9.59 Å². The lowest BCUT2D eigenvalue weighted by Crippen LogP contribution is -2.70. The van der Waals surface area contributed by atoms with Gasteiger partial charge in [0.15, 0.2) is 0 Å². The Morgan fingerprint density at radius 2 is 1.78 bits per heavy atom. The molecule has 2 aromatic rings. The van der Waals surface area contributed by atoms with Crippen molar-refractivity contribution >= 4 is 17.9 Å². The lowest BCUT2D eigenvalue weighted by atomic mass is 9.55. The molecule has 3 N–H and O–H groups in total. The number of carbonyl (C=O) groups is 2. The van der Waals surface area contributed by atoms with Crippen molar-refractivity contribution in [1.29, 1.82) is 0 Å². The van der Waals surface area contributed by atoms with Gasteiger partial charge in [0.1, 0.15) is 29.6 Å². The molecule has 0 aromatic heterocycles. The van der Waals surface area contributed by atoms with Crippen LogP contribution in [-0.4, -0.2) is 109 Å². The van der Waals surface area contributed by atoms with Crippen molar-refractivity contribution in [2.24, 2.45) is 28.8 Å². The maximum absolute atomic E-state index is 14.6. The summed E-state index contributed by atoms with van der Waals surface area (Å²) in [6, 6.07) is 12.2. The van der Waals surface area contributed by atoms with Gasteiger partial charge in [-0.2, -0.15) is 0 Å². The average molecular weight is 831 g/mol. The number of fused-ring (bicyclic) bond motifs is 2. The molecule has 0 spiro atoms. The average Bonchev–Trinajstić information content (AvgIpc) is 4.13. The van der Waals surface area contributed by atoms with Crippen molar-refractivity contribution in [2.75, 3.05) is 52.8 Å². The third-order valence-electron chi connectivity index (χ3n) is 12.6. The Morgan fingerprint density at radius 3 is 2.52 bits per heavy atom. The Bertz CT molecular complexity index is 1820. The number of oxime groups is 1. The molecule has 60 heavy (non-hydrogen) atoms. The van der Waals surface area contributed by atoms with Gasteiger partial charge in [0, 0.05) is 55.6 Å². The molecule has 1 amide bonds. The van der Waals surface area contributed by atoms with Crippen LogP contribution in [0.15, 0.2) is 71.9 Å². The van der Waals surface area contributed by atoms with Gasteiger partial charge < -0.3 is 48.7 Å². The number of aliphatic hydroxyl groups is 3. The van der Waals surface area contributed by atoms with Crippen LogP contribution in [0.3, 0.4) is 0 Å². The first-order chi connectivity index (χ1) is 29.4. The minimum atomic E-state index is -1.40. The van der Waals surface area contributed by atoms with Crippen molar-refractivity contribution < 1.29 is 53.4 Å². The van der Waals surface area contributed by atoms with E-state index in [1.165, 1.54) is 0 Å². The maximum Gasteiger partial charge on any atom is 0.239 e. The summed E-state index contributed by atoms with van der Waals surface area (Å²) in [5, 5.41) is 34.3. The molecule has 0 bridgehead atoms. The number of aliphatic hydroxyl groups excluding tert-OH is 3. The van der Waals surface area contributed by atoms with E-state index in [1.54, 1.807) is 24.3 Å². The van der Waals surface area contributed by atoms with Crippen LogP contribution in [0.4, 0.5) is 0 Å². The fourth-order valence-electron chi connectivity index (χ4n) is 9.73. The standard InChI is InChI=1S/C47H62N2O11/c1-2-23-57-47-42(49(19-25-55-26-22-52)46(54)33-15-16-33)30-40(48-60-43-14-5-8-24-56-43)38-28-34(11-3-6-20-50)37(13-4-7-21-51)44(45(38)47)39-29-36(17-18-41(39)59-47)58-35-12-9-10-32(27-35)31-53/h2,9-10,12,17-18,27-29,31,33-34,37,42-45,50-52H,1,3-8,11,13-16,19-26,30H2/t34-,37+,42-,43?,44+,45+,47+/m0/s1. The fourth-order valence-corrected chi connectivity index (χ4v) is 9.73. The van der Waals surface area contributed by atoms with Crippen LogP contribution in [0.2, 0.25) is 0 Å². The molecule has 7 rings (SSSR count). The van der Waals surface area contributed by atoms with Gasteiger partial charge in [-0.1, -0.05) is 42.3 Å². The highest BCUT2D eigenvalue weighted by atomic mass is 16.8. The number of aldehydes is 1. The summed E-state index contributed by atoms with van der Waals surface area (Å²) in [6.45, 7) is 5.43. The molecule has 13 nitrogen and oxygen atoms in total. The largest absolute Gasteiger partial charge is 0.459 e. The summed E-state index contributed by atoms with van der Waals surface area (Å²) in [5.41, 5.74) is 3.08. The van der Waals surface area contributed by atoms with Crippen LogP contribution >= 0.6 is 0 Å². The Hall–Kier alpha value is -4.11. The number of carbonyl (C=O) groups excluding carboxylic acids is 2. The van der Waals surface area contributed by atoms with Gasteiger partial charge in [-0.15, -0.1) is 6.58 Å². The molecule has 2 aromatic carbocycles. The minimum Gasteiger partial charge on any atom is -0.459 e. The number of amides is 1. The molecule has 3 aliphatic carbocycles. The third-order valence-corrected chi connectivity index (χ3v) is 12.6. The van der Waals surface area contributed by atoms with Gasteiger partial charge >= 0.3 is 0 Å². The van der Waals surface area contributed by atoms with Crippen molar-refractivity contribution in [2.45, 2.75) is 101 Å². The molecule has 1 saturated heterocycles. The van der Waals surface area contributed by atoms with Crippen LogP contribution in [-0.2, 0) is 23.8 Å². The van der Waals surface area contributed by atoms with Crippen molar-refractivity contribution in [1.82, 2.24) is 4.90 Å². The molecule has 326 valence electrons. The first-order valence-electron chi connectivity index (χ1n) is 22.0. The summed E-state index contributed by atoms with van der Waals surface area (Å²) in [6.07, 6.45) is 13.4. The number of rotatable bonds is 23. The van der Waals surface area contributed by atoms with E-state index in [-0.39, 0.29) is 82.2 Å². The van der Waals surface area contributed by atoms with E-state index in [2.05, 4.69) is 12.7 Å². The smallest absolute Gasteiger partial charge is 0.239 e. The highest BCUT2D eigenvalue weighted by molar-refractivity contribution is 6.03. The summed E-state index contributed by atoms with van der Waals surface area (Å²) in [5.74, 6) is -0.415. The van der Waals surface area contributed by atoms with Gasteiger partial charge in [-0.25, -0.2) is 0 Å². The van der Waals surface area contributed by atoms with E-state index in [1.807, 2.05) is 29.2 Å². The quantitative estimate of drug-likeness (QED) is 0.0473. The summed E-state index contributed by atoms with van der Waals surface area (Å²) >= 11 is 0. The minimum absolute atomic E-state index is 0.00178. The first kappa shape index (κ1) is 44.0. The van der Waals surface area contributed by atoms with E-state index in [9.17, 15) is 24.9 Å². The van der Waals surface area contributed by atoms with Crippen LogP contribution in [0.25, 0.3) is 0 Å².